The largest absolute Gasteiger partial charge is 0.458 e. The molecular weight excluding hydrogens is 442 g/mol. The number of pyridine rings is 1. The van der Waals surface area contributed by atoms with E-state index >= 15 is 0 Å². The van der Waals surface area contributed by atoms with Crippen molar-refractivity contribution in [3.8, 4) is 17.2 Å². The number of fused-ring (bicyclic) bond motifs is 3. The van der Waals surface area contributed by atoms with Gasteiger partial charge in [0.25, 0.3) is 0 Å². The van der Waals surface area contributed by atoms with Crippen LogP contribution in [0.15, 0.2) is 66.9 Å². The molecule has 1 N–H and O–H groups in total. The van der Waals surface area contributed by atoms with Gasteiger partial charge in [0.15, 0.2) is 0 Å². The van der Waals surface area contributed by atoms with Crippen LogP contribution in [0.4, 0.5) is 4.79 Å². The summed E-state index contributed by atoms with van der Waals surface area (Å²) in [5.74, 6) is -0.661. The smallest absolute Gasteiger partial charge is 0.407 e. The predicted molar refractivity (Wildman–Crippen MR) is 130 cm³/mol. The van der Waals surface area contributed by atoms with Crippen molar-refractivity contribution in [2.24, 2.45) is 0 Å². The molecule has 1 heterocycles. The minimum absolute atomic E-state index is 0.0872. The Kier molecular flexibility index (Phi) is 6.83. The lowest BCUT2D eigenvalue weighted by molar-refractivity contribution is -0.157. The summed E-state index contributed by atoms with van der Waals surface area (Å²) < 4.78 is 11.1. The Balaban J connectivity index is 1.47. The molecule has 7 nitrogen and oxygen atoms in total. The third-order valence-electron chi connectivity index (χ3n) is 5.71. The molecule has 0 aliphatic heterocycles. The van der Waals surface area contributed by atoms with Crippen LogP contribution in [0.1, 0.15) is 49.1 Å². The number of esters is 1. The average Bonchev–Trinajstić information content (AvgIpc) is 3.15. The number of rotatable bonds is 6. The van der Waals surface area contributed by atoms with Gasteiger partial charge in [-0.05, 0) is 54.7 Å². The summed E-state index contributed by atoms with van der Waals surface area (Å²) in [7, 11) is 0. The van der Waals surface area contributed by atoms with E-state index in [1.165, 1.54) is 6.20 Å². The van der Waals surface area contributed by atoms with Crippen LogP contribution in [0.5, 0.6) is 0 Å². The lowest BCUT2D eigenvalue weighted by atomic mass is 9.98. The predicted octanol–water partition coefficient (Wildman–Crippen LogP) is 4.74. The second kappa shape index (κ2) is 9.98. The Hall–Kier alpha value is -4.18. The summed E-state index contributed by atoms with van der Waals surface area (Å²) in [6.45, 7) is 5.43. The zero-order valence-corrected chi connectivity index (χ0v) is 19.9. The number of aromatic nitrogens is 1. The number of hydrogen-bond donors (Lipinski definition) is 1. The zero-order chi connectivity index (χ0) is 25.0. The molecule has 178 valence electrons. The summed E-state index contributed by atoms with van der Waals surface area (Å²) in [5.41, 5.74) is 4.71. The first-order chi connectivity index (χ1) is 16.7. The van der Waals surface area contributed by atoms with Crippen molar-refractivity contribution >= 4 is 12.1 Å². The van der Waals surface area contributed by atoms with Crippen molar-refractivity contribution < 1.29 is 19.1 Å². The van der Waals surface area contributed by atoms with E-state index in [0.717, 1.165) is 22.3 Å². The van der Waals surface area contributed by atoms with Gasteiger partial charge in [-0.15, -0.1) is 0 Å². The second-order valence-electron chi connectivity index (χ2n) is 9.42. The maximum Gasteiger partial charge on any atom is 0.407 e. The van der Waals surface area contributed by atoms with Gasteiger partial charge in [0, 0.05) is 18.5 Å². The Bertz CT molecular complexity index is 1230. The summed E-state index contributed by atoms with van der Waals surface area (Å²) in [6, 6.07) is 20.4. The monoisotopic (exact) mass is 469 g/mol. The number of alkyl carbamates (subject to hydrolysis) is 1. The molecule has 0 spiro atoms. The molecule has 0 fully saturated rings. The molecule has 1 amide bonds. The van der Waals surface area contributed by atoms with Crippen LogP contribution in [-0.4, -0.2) is 35.3 Å². The van der Waals surface area contributed by atoms with Crippen LogP contribution in [0, 0.1) is 11.3 Å². The normalized spacial score (nSPS) is 13.2. The molecule has 1 atom stereocenters. The minimum Gasteiger partial charge on any atom is -0.458 e. The third-order valence-corrected chi connectivity index (χ3v) is 5.71. The molecule has 2 aromatic carbocycles. The standard InChI is InChI=1S/C28H27N3O4/c1-28(2,3)35-26(32)25(14-18-12-13-19(15-29)30-16-18)31-27(33)34-17-24-22-10-6-4-8-20(22)21-9-5-7-11-23(21)24/h4-13,16,24-25H,14,17H2,1-3H3,(H,31,33)/t25-/m0/s1. The van der Waals surface area contributed by atoms with Crippen molar-refractivity contribution in [1.29, 1.82) is 5.26 Å². The highest BCUT2D eigenvalue weighted by molar-refractivity contribution is 5.82. The fraction of sp³-hybridized carbons (Fsp3) is 0.286. The molecule has 0 saturated carbocycles. The van der Waals surface area contributed by atoms with Crippen LogP contribution >= 0.6 is 0 Å². The van der Waals surface area contributed by atoms with Gasteiger partial charge in [-0.2, -0.15) is 5.26 Å². The SMILES string of the molecule is CC(C)(C)OC(=O)[C@H](Cc1ccc(C#N)nc1)NC(=O)OCC1c2ccccc2-c2ccccc21. The first kappa shape index (κ1) is 24.0. The Labute approximate surface area is 204 Å². The van der Waals surface area contributed by atoms with Crippen LogP contribution in [0.25, 0.3) is 11.1 Å². The fourth-order valence-electron chi connectivity index (χ4n) is 4.20. The molecule has 35 heavy (non-hydrogen) atoms. The summed E-state index contributed by atoms with van der Waals surface area (Å²) in [5, 5.41) is 11.6. The van der Waals surface area contributed by atoms with Gasteiger partial charge < -0.3 is 14.8 Å². The van der Waals surface area contributed by atoms with Gasteiger partial charge >= 0.3 is 12.1 Å². The van der Waals surface area contributed by atoms with Crippen LogP contribution in [-0.2, 0) is 20.7 Å². The van der Waals surface area contributed by atoms with Crippen LogP contribution < -0.4 is 5.32 Å². The quantitative estimate of drug-likeness (QED) is 0.523. The summed E-state index contributed by atoms with van der Waals surface area (Å²) >= 11 is 0. The van der Waals surface area contributed by atoms with Gasteiger partial charge in [-0.25, -0.2) is 14.6 Å². The van der Waals surface area contributed by atoms with E-state index in [-0.39, 0.29) is 24.6 Å². The highest BCUT2D eigenvalue weighted by atomic mass is 16.6. The summed E-state index contributed by atoms with van der Waals surface area (Å²) in [6.07, 6.45) is 0.956. The zero-order valence-electron chi connectivity index (χ0n) is 19.9. The molecule has 0 saturated heterocycles. The third kappa shape index (κ3) is 5.67. The van der Waals surface area contributed by atoms with Crippen molar-refractivity contribution in [3.05, 3.63) is 89.2 Å². The van der Waals surface area contributed by atoms with Crippen LogP contribution in [0.2, 0.25) is 0 Å². The molecule has 7 heteroatoms. The Morgan fingerprint density at radius 1 is 1.03 bits per heavy atom. The van der Waals surface area contributed by atoms with E-state index in [1.807, 2.05) is 42.5 Å². The number of carbonyl (C=O) groups excluding carboxylic acids is 2. The molecule has 1 aromatic heterocycles. The lowest BCUT2D eigenvalue weighted by Crippen LogP contribution is -2.46. The van der Waals surface area contributed by atoms with E-state index in [2.05, 4.69) is 22.4 Å². The maximum absolute atomic E-state index is 12.8. The topological polar surface area (TPSA) is 101 Å². The van der Waals surface area contributed by atoms with Crippen molar-refractivity contribution in [2.75, 3.05) is 6.61 Å². The maximum atomic E-state index is 12.8. The van der Waals surface area contributed by atoms with Crippen molar-refractivity contribution in [2.45, 2.75) is 44.8 Å². The molecule has 0 unspecified atom stereocenters. The number of nitriles is 1. The number of amides is 1. The van der Waals surface area contributed by atoms with Crippen molar-refractivity contribution in [3.63, 3.8) is 0 Å². The van der Waals surface area contributed by atoms with E-state index in [4.69, 9.17) is 14.7 Å². The number of nitrogens with one attached hydrogen (secondary N) is 1. The Morgan fingerprint density at radius 2 is 1.66 bits per heavy atom. The molecule has 3 aromatic rings. The van der Waals surface area contributed by atoms with E-state index in [1.54, 1.807) is 32.9 Å². The number of carbonyl (C=O) groups is 2. The van der Waals surface area contributed by atoms with Gasteiger partial charge in [0.05, 0.1) is 0 Å². The Morgan fingerprint density at radius 3 is 2.20 bits per heavy atom. The van der Waals surface area contributed by atoms with Gasteiger partial charge in [0.2, 0.25) is 0 Å². The average molecular weight is 470 g/mol. The van der Waals surface area contributed by atoms with Crippen LogP contribution in [0.3, 0.4) is 0 Å². The molecule has 1 aliphatic rings. The number of nitrogens with zero attached hydrogens (tertiary/aromatic N) is 2. The van der Waals surface area contributed by atoms with Gasteiger partial charge in [0.1, 0.15) is 30.0 Å². The number of hydrogen-bond acceptors (Lipinski definition) is 6. The first-order valence-electron chi connectivity index (χ1n) is 11.4. The van der Waals surface area contributed by atoms with E-state index in [0.29, 0.717) is 5.56 Å². The molecule has 0 bridgehead atoms. The minimum atomic E-state index is -0.973. The molecule has 4 rings (SSSR count). The summed E-state index contributed by atoms with van der Waals surface area (Å²) in [4.78, 5) is 29.7. The van der Waals surface area contributed by atoms with E-state index in [9.17, 15) is 9.59 Å². The first-order valence-corrected chi connectivity index (χ1v) is 11.4. The number of ether oxygens (including phenoxy) is 2. The fourth-order valence-corrected chi connectivity index (χ4v) is 4.20. The van der Waals surface area contributed by atoms with Gasteiger partial charge in [-0.3, -0.25) is 0 Å². The molecule has 1 aliphatic carbocycles. The number of benzene rings is 2. The van der Waals surface area contributed by atoms with E-state index < -0.39 is 23.7 Å². The molecular formula is C28H27N3O4. The highest BCUT2D eigenvalue weighted by Crippen LogP contribution is 2.44. The van der Waals surface area contributed by atoms with Gasteiger partial charge in [-0.1, -0.05) is 54.6 Å². The lowest BCUT2D eigenvalue weighted by Gasteiger charge is -2.24. The molecule has 0 radical (unpaired) electrons. The van der Waals surface area contributed by atoms with Crippen molar-refractivity contribution in [1.82, 2.24) is 10.3 Å². The second-order valence-corrected chi connectivity index (χ2v) is 9.42. The highest BCUT2D eigenvalue weighted by Gasteiger charge is 2.31.